The van der Waals surface area contributed by atoms with E-state index in [4.69, 9.17) is 14.5 Å². The van der Waals surface area contributed by atoms with Crippen LogP contribution in [-0.2, 0) is 11.2 Å². The molecule has 0 radical (unpaired) electrons. The third-order valence-electron chi connectivity index (χ3n) is 12.7. The van der Waals surface area contributed by atoms with Crippen molar-refractivity contribution in [3.05, 3.63) is 30.2 Å². The van der Waals surface area contributed by atoms with Crippen molar-refractivity contribution < 1.29 is 9.47 Å². The summed E-state index contributed by atoms with van der Waals surface area (Å²) in [6.07, 6.45) is 21.8. The smallest absolute Gasteiger partial charge is 0.128 e. The van der Waals surface area contributed by atoms with Gasteiger partial charge in [0.1, 0.15) is 11.6 Å². The zero-order valence-corrected chi connectivity index (χ0v) is 27.1. The topological polar surface area (TPSA) is 44.2 Å². The molecule has 0 saturated heterocycles. The predicted octanol–water partition coefficient (Wildman–Crippen LogP) is 9.69. The molecule has 6 rings (SSSR count). The van der Waals surface area contributed by atoms with Crippen LogP contribution in [0, 0.1) is 46.3 Å². The van der Waals surface area contributed by atoms with Crippen LogP contribution in [0.2, 0.25) is 0 Å². The number of hydrogen-bond donors (Lipinski definition) is 0. The third kappa shape index (κ3) is 6.34. The van der Waals surface area contributed by atoms with Gasteiger partial charge in [0.15, 0.2) is 0 Å². The quantitative estimate of drug-likeness (QED) is 0.321. The number of nitrogens with zero attached hydrogens (tertiary/aromatic N) is 2. The molecule has 8 unspecified atom stereocenters. The van der Waals surface area contributed by atoms with E-state index in [1.165, 1.54) is 83.5 Å². The van der Waals surface area contributed by atoms with Gasteiger partial charge in [-0.15, -0.1) is 0 Å². The van der Waals surface area contributed by atoms with Crippen molar-refractivity contribution in [2.75, 3.05) is 20.8 Å². The Bertz CT molecular complexity index is 1140. The summed E-state index contributed by atoms with van der Waals surface area (Å²) in [5.41, 5.74) is 2.28. The van der Waals surface area contributed by atoms with Crippen LogP contribution in [0.4, 0.5) is 0 Å². The Hall–Kier alpha value is -1.68. The lowest BCUT2D eigenvalue weighted by molar-refractivity contribution is -0.111. The van der Waals surface area contributed by atoms with Gasteiger partial charge in [0, 0.05) is 31.7 Å². The van der Waals surface area contributed by atoms with E-state index in [-0.39, 0.29) is 0 Å². The maximum Gasteiger partial charge on any atom is 0.128 e. The van der Waals surface area contributed by atoms with Crippen LogP contribution < -0.4 is 4.74 Å². The minimum atomic E-state index is 0.583. The van der Waals surface area contributed by atoms with Gasteiger partial charge < -0.3 is 9.47 Å². The number of aryl methyl sites for hydroxylation is 1. The van der Waals surface area contributed by atoms with E-state index in [9.17, 15) is 0 Å². The Labute approximate surface area is 250 Å². The lowest BCUT2D eigenvalue weighted by Gasteiger charge is -2.60. The first-order chi connectivity index (χ1) is 19.8. The summed E-state index contributed by atoms with van der Waals surface area (Å²) in [5, 5.41) is 1.06. The van der Waals surface area contributed by atoms with Gasteiger partial charge in [0.2, 0.25) is 0 Å². The van der Waals surface area contributed by atoms with Crippen LogP contribution in [0.1, 0.15) is 117 Å². The van der Waals surface area contributed by atoms with Gasteiger partial charge in [-0.1, -0.05) is 47.0 Å². The van der Waals surface area contributed by atoms with E-state index in [1.54, 1.807) is 14.2 Å². The number of fused-ring (bicyclic) bond motifs is 6. The van der Waals surface area contributed by atoms with Crippen molar-refractivity contribution in [3.8, 4) is 5.75 Å². The molecule has 228 valence electrons. The molecule has 1 aromatic carbocycles. The second-order valence-electron chi connectivity index (χ2n) is 14.8. The molecule has 1 heterocycles. The Kier molecular flexibility index (Phi) is 9.99. The molecule has 0 aliphatic heterocycles. The van der Waals surface area contributed by atoms with Crippen molar-refractivity contribution in [2.45, 2.75) is 118 Å². The second-order valence-corrected chi connectivity index (χ2v) is 14.8. The maximum atomic E-state index is 5.34. The van der Waals surface area contributed by atoms with Gasteiger partial charge in [-0.05, 0) is 129 Å². The molecule has 2 aromatic rings. The molecule has 8 atom stereocenters. The van der Waals surface area contributed by atoms with Gasteiger partial charge in [0.05, 0.1) is 12.6 Å². The summed E-state index contributed by atoms with van der Waals surface area (Å²) in [4.78, 5) is 9.53. The number of rotatable bonds is 8. The van der Waals surface area contributed by atoms with Crippen molar-refractivity contribution in [1.82, 2.24) is 9.97 Å². The minimum absolute atomic E-state index is 0.583. The lowest BCUT2D eigenvalue weighted by Crippen LogP contribution is -2.52. The van der Waals surface area contributed by atoms with E-state index in [0.29, 0.717) is 10.8 Å². The first-order valence-electron chi connectivity index (χ1n) is 17.1. The first-order valence-corrected chi connectivity index (χ1v) is 17.1. The molecular weight excluding hydrogens is 504 g/mol. The zero-order valence-electron chi connectivity index (χ0n) is 27.1. The SMILES string of the molecule is CCC(C)COC.COc1ccc2nc(CCCC3CCC4C5CCC6CCCCC6(C)C5CCC34C)ncc2c1. The van der Waals surface area contributed by atoms with Crippen molar-refractivity contribution in [3.63, 3.8) is 0 Å². The highest BCUT2D eigenvalue weighted by atomic mass is 16.5. The lowest BCUT2D eigenvalue weighted by atomic mass is 9.45. The summed E-state index contributed by atoms with van der Waals surface area (Å²) in [6.45, 7) is 10.7. The Morgan fingerprint density at radius 1 is 0.951 bits per heavy atom. The maximum absolute atomic E-state index is 5.34. The molecule has 0 N–H and O–H groups in total. The van der Waals surface area contributed by atoms with E-state index >= 15 is 0 Å². The fourth-order valence-corrected chi connectivity index (χ4v) is 10.1. The van der Waals surface area contributed by atoms with Crippen LogP contribution in [-0.4, -0.2) is 30.8 Å². The molecule has 4 heteroatoms. The zero-order chi connectivity index (χ0) is 29.0. The molecule has 4 aliphatic rings. The van der Waals surface area contributed by atoms with Crippen LogP contribution in [0.15, 0.2) is 24.4 Å². The number of hydrogen-bond acceptors (Lipinski definition) is 4. The largest absolute Gasteiger partial charge is 0.497 e. The molecule has 4 nitrogen and oxygen atoms in total. The number of methoxy groups -OCH3 is 2. The minimum Gasteiger partial charge on any atom is -0.497 e. The Morgan fingerprint density at radius 2 is 1.78 bits per heavy atom. The summed E-state index contributed by atoms with van der Waals surface area (Å²) in [6, 6.07) is 6.08. The van der Waals surface area contributed by atoms with Crippen molar-refractivity contribution in [2.24, 2.45) is 46.3 Å². The standard InChI is InChI=1S/C31H44N2O.C6H14O/c1-30-17-5-4-7-22(30)10-13-25-26-14-11-23(31(26,2)18-16-27(25)30)8-6-9-29-32-20-21-19-24(34-3)12-15-28(21)33-29;1-4-6(2)5-7-3/h12,15,19-20,22-23,25-27H,4-11,13-14,16-18H2,1-3H3;6H,4-5H2,1-3H3. The van der Waals surface area contributed by atoms with E-state index < -0.39 is 0 Å². The van der Waals surface area contributed by atoms with Gasteiger partial charge in [-0.2, -0.15) is 0 Å². The number of benzene rings is 1. The molecular formula is C37H58N2O2. The molecule has 41 heavy (non-hydrogen) atoms. The first kappa shape index (κ1) is 30.8. The Balaban J connectivity index is 0.000000431. The molecule has 4 aliphatic carbocycles. The van der Waals surface area contributed by atoms with Crippen LogP contribution in [0.3, 0.4) is 0 Å². The predicted molar refractivity (Wildman–Crippen MR) is 170 cm³/mol. The molecule has 4 fully saturated rings. The highest BCUT2D eigenvalue weighted by Crippen LogP contribution is 2.67. The third-order valence-corrected chi connectivity index (χ3v) is 12.7. The van der Waals surface area contributed by atoms with Gasteiger partial charge in [0.25, 0.3) is 0 Å². The molecule has 0 bridgehead atoms. The Morgan fingerprint density at radius 3 is 2.54 bits per heavy atom. The van der Waals surface area contributed by atoms with Gasteiger partial charge >= 0.3 is 0 Å². The number of aromatic nitrogens is 2. The van der Waals surface area contributed by atoms with Gasteiger partial charge in [-0.25, -0.2) is 9.97 Å². The van der Waals surface area contributed by atoms with Crippen molar-refractivity contribution in [1.29, 1.82) is 0 Å². The van der Waals surface area contributed by atoms with Crippen LogP contribution in [0.25, 0.3) is 10.9 Å². The van der Waals surface area contributed by atoms with E-state index in [1.807, 2.05) is 18.3 Å². The average molecular weight is 563 g/mol. The van der Waals surface area contributed by atoms with Crippen LogP contribution >= 0.6 is 0 Å². The summed E-state index contributed by atoms with van der Waals surface area (Å²) < 4.78 is 10.2. The summed E-state index contributed by atoms with van der Waals surface area (Å²) >= 11 is 0. The van der Waals surface area contributed by atoms with E-state index in [0.717, 1.165) is 71.0 Å². The molecule has 4 saturated carbocycles. The average Bonchev–Trinajstić information content (AvgIpc) is 3.33. The monoisotopic (exact) mass is 562 g/mol. The molecule has 1 aromatic heterocycles. The molecule has 0 spiro atoms. The van der Waals surface area contributed by atoms with Crippen LogP contribution in [0.5, 0.6) is 5.75 Å². The summed E-state index contributed by atoms with van der Waals surface area (Å²) in [5.74, 6) is 7.56. The fourth-order valence-electron chi connectivity index (χ4n) is 10.1. The van der Waals surface area contributed by atoms with Crippen molar-refractivity contribution >= 4 is 10.9 Å². The normalized spacial score (nSPS) is 35.0. The van der Waals surface area contributed by atoms with Gasteiger partial charge in [-0.3, -0.25) is 0 Å². The fraction of sp³-hybridized carbons (Fsp3) is 0.784. The highest BCUT2D eigenvalue weighted by Gasteiger charge is 2.59. The second kappa shape index (κ2) is 13.3. The summed E-state index contributed by atoms with van der Waals surface area (Å²) in [7, 11) is 3.45. The van der Waals surface area contributed by atoms with E-state index in [2.05, 4.69) is 38.7 Å². The molecule has 0 amide bonds. The highest BCUT2D eigenvalue weighted by molar-refractivity contribution is 5.79. The number of ether oxygens (including phenoxy) is 2.